The largest absolute Gasteiger partial charge is 0.241 e. The third-order valence-electron chi connectivity index (χ3n) is 1.84. The molecule has 2 heterocycles. The lowest BCUT2D eigenvalue weighted by Crippen LogP contribution is -1.95. The van der Waals surface area contributed by atoms with Crippen molar-refractivity contribution in [3.05, 3.63) is 34.6 Å². The molecule has 15 heavy (non-hydrogen) atoms. The maximum atomic E-state index is 5.75. The Hall–Kier alpha value is -1.26. The van der Waals surface area contributed by atoms with Crippen LogP contribution in [0.2, 0.25) is 10.4 Å². The fraction of sp³-hybridized carbons (Fsp3) is 0.111. The highest BCUT2D eigenvalue weighted by atomic mass is 35.5. The van der Waals surface area contributed by atoms with E-state index in [0.29, 0.717) is 11.0 Å². The second-order valence-corrected chi connectivity index (χ2v) is 3.57. The summed E-state index contributed by atoms with van der Waals surface area (Å²) in [5.41, 5.74) is 1.55. The molecule has 0 aromatic carbocycles. The van der Waals surface area contributed by atoms with Crippen LogP contribution in [0.15, 0.2) is 18.5 Å². The van der Waals surface area contributed by atoms with Crippen LogP contribution >= 0.6 is 23.2 Å². The molecule has 0 saturated carbocycles. The second-order valence-electron chi connectivity index (χ2n) is 2.85. The smallest absolute Gasteiger partial charge is 0.225 e. The molecule has 4 nitrogen and oxygen atoms in total. The summed E-state index contributed by atoms with van der Waals surface area (Å²) in [5.74, 6) is 0.497. The van der Waals surface area contributed by atoms with Crippen LogP contribution in [-0.2, 0) is 0 Å². The first-order valence-electron chi connectivity index (χ1n) is 4.15. The van der Waals surface area contributed by atoms with Crippen molar-refractivity contribution in [3.63, 3.8) is 0 Å². The first kappa shape index (κ1) is 10.3. The number of halogens is 2. The Morgan fingerprint density at radius 3 is 2.53 bits per heavy atom. The third kappa shape index (κ3) is 2.22. The van der Waals surface area contributed by atoms with E-state index in [2.05, 4.69) is 19.9 Å². The van der Waals surface area contributed by atoms with E-state index in [1.807, 2.05) is 6.92 Å². The number of hydrogen-bond acceptors (Lipinski definition) is 4. The number of nitrogens with zero attached hydrogens (tertiary/aromatic N) is 4. The van der Waals surface area contributed by atoms with E-state index >= 15 is 0 Å². The Morgan fingerprint density at radius 1 is 1.07 bits per heavy atom. The lowest BCUT2D eigenvalue weighted by atomic mass is 10.2. The highest BCUT2D eigenvalue weighted by Gasteiger charge is 2.07. The summed E-state index contributed by atoms with van der Waals surface area (Å²) in [5, 5.41) is 0.603. The van der Waals surface area contributed by atoms with Gasteiger partial charge in [0.05, 0.1) is 5.69 Å². The third-order valence-corrected chi connectivity index (χ3v) is 2.23. The van der Waals surface area contributed by atoms with E-state index in [0.717, 1.165) is 11.3 Å². The molecular formula is C9H6Cl2N4. The Kier molecular flexibility index (Phi) is 2.79. The molecule has 0 bridgehead atoms. The van der Waals surface area contributed by atoms with Crippen LogP contribution < -0.4 is 0 Å². The van der Waals surface area contributed by atoms with Gasteiger partial charge in [-0.2, -0.15) is 4.98 Å². The molecule has 0 spiro atoms. The van der Waals surface area contributed by atoms with Gasteiger partial charge in [-0.3, -0.25) is 0 Å². The normalized spacial score (nSPS) is 10.3. The van der Waals surface area contributed by atoms with Gasteiger partial charge in [0, 0.05) is 5.56 Å². The van der Waals surface area contributed by atoms with Crippen molar-refractivity contribution in [2.75, 3.05) is 0 Å². The van der Waals surface area contributed by atoms with Crippen molar-refractivity contribution in [3.8, 4) is 11.4 Å². The van der Waals surface area contributed by atoms with Gasteiger partial charge in [-0.25, -0.2) is 15.0 Å². The van der Waals surface area contributed by atoms with Crippen LogP contribution in [0.5, 0.6) is 0 Å². The van der Waals surface area contributed by atoms with Crippen LogP contribution in [-0.4, -0.2) is 19.9 Å². The highest BCUT2D eigenvalue weighted by Crippen LogP contribution is 2.20. The Bertz CT molecular complexity index is 501. The van der Waals surface area contributed by atoms with Crippen molar-refractivity contribution < 1.29 is 0 Å². The van der Waals surface area contributed by atoms with Gasteiger partial charge in [-0.1, -0.05) is 11.6 Å². The van der Waals surface area contributed by atoms with Gasteiger partial charge in [0.1, 0.15) is 11.5 Å². The first-order chi connectivity index (χ1) is 7.16. The fourth-order valence-corrected chi connectivity index (χ4v) is 1.49. The van der Waals surface area contributed by atoms with E-state index in [-0.39, 0.29) is 5.28 Å². The molecule has 0 radical (unpaired) electrons. The molecule has 76 valence electrons. The van der Waals surface area contributed by atoms with Gasteiger partial charge in [0.2, 0.25) is 5.28 Å². The number of hydrogen-bond donors (Lipinski definition) is 0. The average Bonchev–Trinajstić information content (AvgIpc) is 2.17. The van der Waals surface area contributed by atoms with E-state index < -0.39 is 0 Å². The molecule has 2 aromatic heterocycles. The molecule has 0 N–H and O–H groups in total. The monoisotopic (exact) mass is 240 g/mol. The van der Waals surface area contributed by atoms with Gasteiger partial charge in [0.15, 0.2) is 5.82 Å². The van der Waals surface area contributed by atoms with Crippen molar-refractivity contribution in [1.29, 1.82) is 0 Å². The minimum atomic E-state index is 0.161. The summed E-state index contributed by atoms with van der Waals surface area (Å²) in [7, 11) is 0. The number of aromatic nitrogens is 4. The topological polar surface area (TPSA) is 51.6 Å². The summed E-state index contributed by atoms with van der Waals surface area (Å²) < 4.78 is 0. The predicted molar refractivity (Wildman–Crippen MR) is 57.8 cm³/mol. The van der Waals surface area contributed by atoms with Crippen LogP contribution in [0.3, 0.4) is 0 Å². The quantitative estimate of drug-likeness (QED) is 0.720. The molecule has 6 heteroatoms. The zero-order valence-electron chi connectivity index (χ0n) is 7.78. The SMILES string of the molecule is Cc1nc(Cl)ccc1-c1ncnc(Cl)n1. The molecule has 0 aliphatic heterocycles. The van der Waals surface area contributed by atoms with Crippen molar-refractivity contribution in [2.24, 2.45) is 0 Å². The molecule has 0 fully saturated rings. The predicted octanol–water partition coefficient (Wildman–Crippen LogP) is 2.55. The summed E-state index contributed by atoms with van der Waals surface area (Å²) in [6.07, 6.45) is 1.36. The minimum Gasteiger partial charge on any atom is -0.241 e. The van der Waals surface area contributed by atoms with E-state index in [1.165, 1.54) is 6.33 Å². The minimum absolute atomic E-state index is 0.161. The molecule has 0 atom stereocenters. The Morgan fingerprint density at radius 2 is 1.87 bits per heavy atom. The lowest BCUT2D eigenvalue weighted by Gasteiger charge is -2.03. The van der Waals surface area contributed by atoms with E-state index in [1.54, 1.807) is 12.1 Å². The summed E-state index contributed by atoms with van der Waals surface area (Å²) in [6.45, 7) is 1.83. The number of rotatable bonds is 1. The fourth-order valence-electron chi connectivity index (χ4n) is 1.17. The zero-order chi connectivity index (χ0) is 10.8. The summed E-state index contributed by atoms with van der Waals surface area (Å²) in [6, 6.07) is 3.48. The van der Waals surface area contributed by atoms with Crippen molar-refractivity contribution >= 4 is 23.2 Å². The van der Waals surface area contributed by atoms with Crippen LogP contribution in [0.25, 0.3) is 11.4 Å². The molecule has 0 unspecified atom stereocenters. The van der Waals surface area contributed by atoms with Gasteiger partial charge >= 0.3 is 0 Å². The van der Waals surface area contributed by atoms with Gasteiger partial charge in [-0.05, 0) is 30.7 Å². The molecule has 0 saturated heterocycles. The number of pyridine rings is 1. The van der Waals surface area contributed by atoms with Crippen LogP contribution in [0.4, 0.5) is 0 Å². The average molecular weight is 241 g/mol. The Balaban J connectivity index is 2.54. The van der Waals surface area contributed by atoms with Crippen molar-refractivity contribution in [1.82, 2.24) is 19.9 Å². The number of aryl methyl sites for hydroxylation is 1. The Labute approximate surface area is 96.3 Å². The van der Waals surface area contributed by atoms with E-state index in [4.69, 9.17) is 23.2 Å². The molecule has 0 amide bonds. The molecule has 0 aliphatic carbocycles. The molecular weight excluding hydrogens is 235 g/mol. The van der Waals surface area contributed by atoms with Crippen molar-refractivity contribution in [2.45, 2.75) is 6.92 Å². The molecule has 2 aromatic rings. The van der Waals surface area contributed by atoms with Crippen LogP contribution in [0, 0.1) is 6.92 Å². The molecule has 0 aliphatic rings. The standard InChI is InChI=1S/C9H6Cl2N4/c1-5-6(2-3-7(10)14-5)8-12-4-13-9(11)15-8/h2-4H,1H3. The molecule has 2 rings (SSSR count). The first-order valence-corrected chi connectivity index (χ1v) is 4.90. The van der Waals surface area contributed by atoms with Crippen LogP contribution in [0.1, 0.15) is 5.69 Å². The second kappa shape index (κ2) is 4.08. The summed E-state index contributed by atoms with van der Waals surface area (Å²) >= 11 is 11.4. The maximum Gasteiger partial charge on any atom is 0.225 e. The van der Waals surface area contributed by atoms with Gasteiger partial charge < -0.3 is 0 Å². The van der Waals surface area contributed by atoms with E-state index in [9.17, 15) is 0 Å². The highest BCUT2D eigenvalue weighted by molar-refractivity contribution is 6.29. The lowest BCUT2D eigenvalue weighted by molar-refractivity contribution is 1.04. The summed E-state index contributed by atoms with van der Waals surface area (Å²) in [4.78, 5) is 15.8. The van der Waals surface area contributed by atoms with Gasteiger partial charge in [-0.15, -0.1) is 0 Å². The maximum absolute atomic E-state index is 5.75. The zero-order valence-corrected chi connectivity index (χ0v) is 9.29. The van der Waals surface area contributed by atoms with Gasteiger partial charge in [0.25, 0.3) is 0 Å².